The average molecular weight is 436 g/mol. The van der Waals surface area contributed by atoms with Crippen molar-refractivity contribution in [3.8, 4) is 5.75 Å². The molecule has 1 N–H and O–H groups in total. The Bertz CT molecular complexity index is 1080. The highest BCUT2D eigenvalue weighted by Gasteiger charge is 2.24. The Morgan fingerprint density at radius 1 is 1.16 bits per heavy atom. The lowest BCUT2D eigenvalue weighted by Gasteiger charge is -2.28. The molecular formula is C25H33N5O2. The predicted molar refractivity (Wildman–Crippen MR) is 125 cm³/mol. The number of nitrogens with one attached hydrogen (secondary N) is 1. The Morgan fingerprint density at radius 3 is 2.56 bits per heavy atom. The van der Waals surface area contributed by atoms with Crippen molar-refractivity contribution in [1.29, 1.82) is 0 Å². The third-order valence-corrected chi connectivity index (χ3v) is 6.46. The van der Waals surface area contributed by atoms with E-state index >= 15 is 0 Å². The smallest absolute Gasteiger partial charge is 0.220 e. The quantitative estimate of drug-likeness (QED) is 0.586. The van der Waals surface area contributed by atoms with Crippen LogP contribution in [0.2, 0.25) is 0 Å². The van der Waals surface area contributed by atoms with E-state index in [4.69, 9.17) is 4.74 Å². The minimum absolute atomic E-state index is 0.0678. The Morgan fingerprint density at radius 2 is 1.88 bits per heavy atom. The molecule has 7 heteroatoms. The fourth-order valence-electron chi connectivity index (χ4n) is 4.68. The first-order valence-electron chi connectivity index (χ1n) is 11.4. The molecule has 170 valence electrons. The molecule has 3 aromatic rings. The van der Waals surface area contributed by atoms with Gasteiger partial charge in [0.2, 0.25) is 5.91 Å². The van der Waals surface area contributed by atoms with Gasteiger partial charge in [-0.1, -0.05) is 12.1 Å². The van der Waals surface area contributed by atoms with E-state index in [2.05, 4.69) is 39.4 Å². The Labute approximate surface area is 189 Å². The number of hydrogen-bond donors (Lipinski definition) is 1. The molecule has 2 aromatic heterocycles. The molecule has 0 radical (unpaired) electrons. The minimum atomic E-state index is 0.0678. The highest BCUT2D eigenvalue weighted by molar-refractivity contribution is 5.76. The van der Waals surface area contributed by atoms with Crippen LogP contribution in [0.3, 0.4) is 0 Å². The standard InChI is InChI=1S/C25H33N5O2/c1-17-15-24-27-18(2)22(19(3)30(24)28-17)11-12-25(31)26-16-23(29-13-5-6-14-29)20-7-9-21(32-4)10-8-20/h7-10,15,23H,5-6,11-14,16H2,1-4H3,(H,26,31)/t23-/m0/s1. The summed E-state index contributed by atoms with van der Waals surface area (Å²) in [6.07, 6.45) is 3.51. The Kier molecular flexibility index (Phi) is 6.74. The number of carbonyl (C=O) groups excluding carboxylic acids is 1. The van der Waals surface area contributed by atoms with E-state index < -0.39 is 0 Å². The van der Waals surface area contributed by atoms with Gasteiger partial charge in [0, 0.05) is 30.4 Å². The molecule has 0 spiro atoms. The number of likely N-dealkylation sites (tertiary alicyclic amines) is 1. The van der Waals surface area contributed by atoms with Crippen LogP contribution in [-0.2, 0) is 11.2 Å². The van der Waals surface area contributed by atoms with Crippen LogP contribution in [0.4, 0.5) is 0 Å². The first-order chi connectivity index (χ1) is 15.5. The van der Waals surface area contributed by atoms with Crippen LogP contribution >= 0.6 is 0 Å². The van der Waals surface area contributed by atoms with Gasteiger partial charge in [-0.15, -0.1) is 0 Å². The highest BCUT2D eigenvalue weighted by Crippen LogP contribution is 2.26. The first-order valence-corrected chi connectivity index (χ1v) is 11.4. The molecule has 0 saturated carbocycles. The van der Waals surface area contributed by atoms with Crippen LogP contribution in [0, 0.1) is 20.8 Å². The molecular weight excluding hydrogens is 402 g/mol. The summed E-state index contributed by atoms with van der Waals surface area (Å²) in [7, 11) is 1.68. The van der Waals surface area contributed by atoms with E-state index in [-0.39, 0.29) is 11.9 Å². The Balaban J connectivity index is 1.41. The van der Waals surface area contributed by atoms with Crippen molar-refractivity contribution in [2.75, 3.05) is 26.7 Å². The SMILES string of the molecule is COc1ccc([C@H](CNC(=O)CCc2c(C)nc3cc(C)nn3c2C)N2CCCC2)cc1. The van der Waals surface area contributed by atoms with Gasteiger partial charge in [0.1, 0.15) is 5.75 Å². The first kappa shape index (κ1) is 22.3. The molecule has 0 aliphatic carbocycles. The Hall–Kier alpha value is -2.93. The van der Waals surface area contributed by atoms with E-state index in [1.807, 2.05) is 36.6 Å². The van der Waals surface area contributed by atoms with E-state index in [0.29, 0.717) is 19.4 Å². The monoisotopic (exact) mass is 435 g/mol. The fourth-order valence-corrected chi connectivity index (χ4v) is 4.68. The number of carbonyl (C=O) groups is 1. The molecule has 1 aromatic carbocycles. The zero-order valence-electron chi connectivity index (χ0n) is 19.5. The van der Waals surface area contributed by atoms with E-state index in [0.717, 1.165) is 47.1 Å². The van der Waals surface area contributed by atoms with Crippen molar-refractivity contribution in [3.05, 3.63) is 58.5 Å². The minimum Gasteiger partial charge on any atom is -0.497 e. The van der Waals surface area contributed by atoms with Gasteiger partial charge >= 0.3 is 0 Å². The highest BCUT2D eigenvalue weighted by atomic mass is 16.5. The number of aromatic nitrogens is 3. The van der Waals surface area contributed by atoms with Gasteiger partial charge in [-0.25, -0.2) is 9.50 Å². The van der Waals surface area contributed by atoms with Gasteiger partial charge in [0.25, 0.3) is 0 Å². The molecule has 1 saturated heterocycles. The molecule has 32 heavy (non-hydrogen) atoms. The van der Waals surface area contributed by atoms with Crippen molar-refractivity contribution in [2.24, 2.45) is 0 Å². The van der Waals surface area contributed by atoms with Gasteiger partial charge in [0.15, 0.2) is 5.65 Å². The van der Waals surface area contributed by atoms with Gasteiger partial charge in [-0.05, 0) is 76.4 Å². The third kappa shape index (κ3) is 4.78. The maximum atomic E-state index is 12.8. The van der Waals surface area contributed by atoms with Crippen LogP contribution in [0.15, 0.2) is 30.3 Å². The molecule has 4 rings (SSSR count). The summed E-state index contributed by atoms with van der Waals surface area (Å²) in [5.41, 5.74) is 6.14. The van der Waals surface area contributed by atoms with Crippen LogP contribution in [0.1, 0.15) is 53.5 Å². The number of aryl methyl sites for hydroxylation is 3. The molecule has 1 aliphatic rings. The van der Waals surface area contributed by atoms with E-state index in [1.165, 1.54) is 18.4 Å². The largest absolute Gasteiger partial charge is 0.497 e. The summed E-state index contributed by atoms with van der Waals surface area (Å²) >= 11 is 0. The summed E-state index contributed by atoms with van der Waals surface area (Å²) in [6, 6.07) is 10.4. The number of ether oxygens (including phenoxy) is 1. The summed E-state index contributed by atoms with van der Waals surface area (Å²) < 4.78 is 7.18. The number of hydrogen-bond acceptors (Lipinski definition) is 5. The molecule has 3 heterocycles. The zero-order valence-corrected chi connectivity index (χ0v) is 19.5. The van der Waals surface area contributed by atoms with Gasteiger partial charge < -0.3 is 10.1 Å². The third-order valence-electron chi connectivity index (χ3n) is 6.46. The normalized spacial score (nSPS) is 15.2. The van der Waals surface area contributed by atoms with Crippen molar-refractivity contribution in [2.45, 2.75) is 52.5 Å². The summed E-state index contributed by atoms with van der Waals surface area (Å²) in [5, 5.41) is 7.71. The van der Waals surface area contributed by atoms with Crippen LogP contribution in [-0.4, -0.2) is 52.1 Å². The van der Waals surface area contributed by atoms with Crippen molar-refractivity contribution >= 4 is 11.6 Å². The molecule has 0 bridgehead atoms. The van der Waals surface area contributed by atoms with Crippen molar-refractivity contribution in [3.63, 3.8) is 0 Å². The molecule has 1 aliphatic heterocycles. The van der Waals surface area contributed by atoms with Crippen molar-refractivity contribution in [1.82, 2.24) is 24.8 Å². The predicted octanol–water partition coefficient (Wildman–Crippen LogP) is 3.55. The lowest BCUT2D eigenvalue weighted by molar-refractivity contribution is -0.121. The number of benzene rings is 1. The van der Waals surface area contributed by atoms with Gasteiger partial charge in [0.05, 0.1) is 18.8 Å². The lowest BCUT2D eigenvalue weighted by atomic mass is 10.0. The number of nitrogens with zero attached hydrogens (tertiary/aromatic N) is 4. The van der Waals surface area contributed by atoms with E-state index in [1.54, 1.807) is 7.11 Å². The fraction of sp³-hybridized carbons (Fsp3) is 0.480. The summed E-state index contributed by atoms with van der Waals surface area (Å²) in [4.78, 5) is 19.9. The van der Waals surface area contributed by atoms with E-state index in [9.17, 15) is 4.79 Å². The van der Waals surface area contributed by atoms with Crippen molar-refractivity contribution < 1.29 is 9.53 Å². The number of amides is 1. The van der Waals surface area contributed by atoms with Crippen LogP contribution < -0.4 is 10.1 Å². The number of fused-ring (bicyclic) bond motifs is 1. The average Bonchev–Trinajstić information content (AvgIpc) is 3.44. The second-order valence-corrected chi connectivity index (χ2v) is 8.65. The van der Waals surface area contributed by atoms with Crippen LogP contribution in [0.25, 0.3) is 5.65 Å². The maximum absolute atomic E-state index is 12.8. The topological polar surface area (TPSA) is 71.8 Å². The number of rotatable bonds is 8. The van der Waals surface area contributed by atoms with Crippen LogP contribution in [0.5, 0.6) is 5.75 Å². The molecule has 7 nitrogen and oxygen atoms in total. The second-order valence-electron chi connectivity index (χ2n) is 8.65. The maximum Gasteiger partial charge on any atom is 0.220 e. The summed E-state index contributed by atoms with van der Waals surface area (Å²) in [6.45, 7) is 8.78. The summed E-state index contributed by atoms with van der Waals surface area (Å²) in [5.74, 6) is 0.917. The molecule has 1 atom stereocenters. The molecule has 1 amide bonds. The molecule has 0 unspecified atom stereocenters. The lowest BCUT2D eigenvalue weighted by Crippen LogP contribution is -2.36. The van der Waals surface area contributed by atoms with Gasteiger partial charge in [-0.2, -0.15) is 5.10 Å². The second kappa shape index (κ2) is 9.69. The number of methoxy groups -OCH3 is 1. The zero-order chi connectivity index (χ0) is 22.7. The van der Waals surface area contributed by atoms with Gasteiger partial charge in [-0.3, -0.25) is 9.69 Å². The molecule has 1 fully saturated rings.